The van der Waals surface area contributed by atoms with Gasteiger partial charge in [-0.05, 0) is 5.56 Å². The maximum atomic E-state index is 13.4. The first kappa shape index (κ1) is 11.2. The minimum absolute atomic E-state index is 0.0273. The maximum absolute atomic E-state index is 13.4. The molecule has 0 aromatic heterocycles. The lowest BCUT2D eigenvalue weighted by Gasteiger charge is -2.03. The third-order valence-electron chi connectivity index (χ3n) is 2.24. The summed E-state index contributed by atoms with van der Waals surface area (Å²) in [5, 5.41) is 0. The largest absolute Gasteiger partial charge is 0.458 e. The van der Waals surface area contributed by atoms with Crippen LogP contribution in [0.15, 0.2) is 59.6 Å². The van der Waals surface area contributed by atoms with Crippen LogP contribution in [0.25, 0.3) is 0 Å². The van der Waals surface area contributed by atoms with Gasteiger partial charge in [0.05, 0.1) is 6.08 Å². The van der Waals surface area contributed by atoms with Gasteiger partial charge >= 0.3 is 5.76 Å². The maximum Gasteiger partial charge on any atom is 0.327 e. The third-order valence-corrected chi connectivity index (χ3v) is 2.24. The highest BCUT2D eigenvalue weighted by Gasteiger charge is 2.20. The van der Waals surface area contributed by atoms with Crippen molar-refractivity contribution in [2.75, 3.05) is 0 Å². The Labute approximate surface area is 98.7 Å². The smallest absolute Gasteiger partial charge is 0.327 e. The average Bonchev–Trinajstić information content (AvgIpc) is 2.38. The van der Waals surface area contributed by atoms with E-state index in [0.717, 1.165) is 11.6 Å². The molecule has 0 spiro atoms. The molecule has 0 heterocycles. The highest BCUT2D eigenvalue weighted by Crippen LogP contribution is 2.19. The number of ether oxygens (including phenoxy) is 1. The van der Waals surface area contributed by atoms with E-state index >= 15 is 0 Å². The van der Waals surface area contributed by atoms with Gasteiger partial charge in [0, 0.05) is 0 Å². The molecule has 0 N–H and O–H groups in total. The summed E-state index contributed by atoms with van der Waals surface area (Å²) in [6, 6.07) is 9.44. The Morgan fingerprint density at radius 3 is 2.71 bits per heavy atom. The van der Waals surface area contributed by atoms with Crippen LogP contribution in [0.2, 0.25) is 0 Å². The Morgan fingerprint density at radius 1 is 1.29 bits per heavy atom. The van der Waals surface area contributed by atoms with Gasteiger partial charge in [-0.1, -0.05) is 30.3 Å². The molecule has 0 saturated heterocycles. The van der Waals surface area contributed by atoms with Crippen molar-refractivity contribution < 1.29 is 13.9 Å². The highest BCUT2D eigenvalue weighted by molar-refractivity contribution is 5.79. The van der Waals surface area contributed by atoms with Crippen LogP contribution in [0.4, 0.5) is 4.39 Å². The van der Waals surface area contributed by atoms with Gasteiger partial charge in [0.15, 0.2) is 0 Å². The first-order valence-electron chi connectivity index (χ1n) is 5.13. The number of benzene rings is 1. The number of hydrogen-bond acceptors (Lipinski definition) is 2. The van der Waals surface area contributed by atoms with Crippen LogP contribution in [0, 0.1) is 6.08 Å². The van der Waals surface area contributed by atoms with Gasteiger partial charge in [-0.15, -0.1) is 4.39 Å². The van der Waals surface area contributed by atoms with Gasteiger partial charge in [0.2, 0.25) is 6.29 Å². The molecule has 0 amide bonds. The zero-order valence-corrected chi connectivity index (χ0v) is 9.02. The van der Waals surface area contributed by atoms with E-state index in [1.165, 1.54) is 6.08 Å². The second-order valence-corrected chi connectivity index (χ2v) is 3.50. The number of halogens is 1. The number of carbonyl (C=O) groups excluding carboxylic acids is 1. The molecule has 3 heteroatoms. The molecule has 0 radical (unpaired) electrons. The van der Waals surface area contributed by atoms with Crippen molar-refractivity contribution in [3.05, 3.63) is 71.3 Å². The van der Waals surface area contributed by atoms with Crippen molar-refractivity contribution in [1.82, 2.24) is 0 Å². The third kappa shape index (κ3) is 2.86. The fraction of sp³-hybridized carbons (Fsp3) is 0.0714. The van der Waals surface area contributed by atoms with Crippen molar-refractivity contribution in [2.24, 2.45) is 0 Å². The molecule has 0 aliphatic heterocycles. The molecular weight excluding hydrogens is 219 g/mol. The van der Waals surface area contributed by atoms with Crippen LogP contribution in [0.1, 0.15) is 5.56 Å². The van der Waals surface area contributed by atoms with Gasteiger partial charge in [0.25, 0.3) is 5.83 Å². The number of allylic oxidation sites excluding steroid dienone is 5. The monoisotopic (exact) mass is 229 g/mol. The fourth-order valence-electron chi connectivity index (χ4n) is 1.38. The van der Waals surface area contributed by atoms with Crippen LogP contribution < -0.4 is 0 Å². The summed E-state index contributed by atoms with van der Waals surface area (Å²) >= 11 is 0. The van der Waals surface area contributed by atoms with Crippen LogP contribution >= 0.6 is 0 Å². The summed E-state index contributed by atoms with van der Waals surface area (Å²) in [5.41, 5.74) is 1.19. The molecule has 84 valence electrons. The highest BCUT2D eigenvalue weighted by atomic mass is 19.1. The van der Waals surface area contributed by atoms with E-state index in [1.807, 2.05) is 30.3 Å². The van der Waals surface area contributed by atoms with E-state index in [4.69, 9.17) is 4.74 Å². The van der Waals surface area contributed by atoms with Crippen LogP contribution in [0.5, 0.6) is 0 Å². The predicted octanol–water partition coefficient (Wildman–Crippen LogP) is 2.88. The lowest BCUT2D eigenvalue weighted by molar-refractivity contribution is -0.104. The second-order valence-electron chi connectivity index (χ2n) is 3.50. The molecule has 0 atom stereocenters. The van der Waals surface area contributed by atoms with E-state index in [0.29, 0.717) is 6.29 Å². The van der Waals surface area contributed by atoms with Crippen molar-refractivity contribution in [2.45, 2.75) is 6.61 Å². The molecule has 0 unspecified atom stereocenters. The van der Waals surface area contributed by atoms with Gasteiger partial charge in [0.1, 0.15) is 24.3 Å². The molecule has 2 rings (SSSR count). The van der Waals surface area contributed by atoms with Crippen molar-refractivity contribution >= 4 is 6.29 Å². The van der Waals surface area contributed by atoms with E-state index < -0.39 is 5.83 Å². The Kier molecular flexibility index (Phi) is 3.43. The fourth-order valence-corrected chi connectivity index (χ4v) is 1.38. The summed E-state index contributed by atoms with van der Waals surface area (Å²) in [5.74, 6) is -0.551. The standard InChI is InChI=1S/C14H10FO2/c15-13-8-12(9-16)6-7-14(13)17-10-11-4-2-1-3-5-11/h1-6,8-9H,10H2/q+1. The average molecular weight is 229 g/mol. The van der Waals surface area contributed by atoms with Gasteiger partial charge in [-0.25, -0.2) is 0 Å². The summed E-state index contributed by atoms with van der Waals surface area (Å²) in [6.45, 7) is 0.273. The number of rotatable bonds is 4. The first-order chi connectivity index (χ1) is 8.29. The minimum atomic E-state index is -0.578. The first-order valence-corrected chi connectivity index (χ1v) is 5.13. The molecule has 1 aromatic rings. The van der Waals surface area contributed by atoms with Crippen LogP contribution in [0.3, 0.4) is 0 Å². The molecule has 0 bridgehead atoms. The van der Waals surface area contributed by atoms with Crippen LogP contribution in [-0.2, 0) is 16.1 Å². The predicted molar refractivity (Wildman–Crippen MR) is 61.3 cm³/mol. The number of carbonyl (C=O) groups is 1. The Hall–Kier alpha value is -2.25. The van der Waals surface area contributed by atoms with Gasteiger partial charge in [-0.2, -0.15) is 0 Å². The lowest BCUT2D eigenvalue weighted by Crippen LogP contribution is -1.98. The van der Waals surface area contributed by atoms with Crippen molar-refractivity contribution in [3.8, 4) is 0 Å². The summed E-state index contributed by atoms with van der Waals surface area (Å²) in [7, 11) is 0. The van der Waals surface area contributed by atoms with Crippen molar-refractivity contribution in [1.29, 1.82) is 0 Å². The lowest BCUT2D eigenvalue weighted by atomic mass is 10.1. The SMILES string of the molecule is O=CC1=CC(F)=C(OCc2ccccc2)[C+]=C1. The quantitative estimate of drug-likeness (QED) is 0.586. The topological polar surface area (TPSA) is 26.3 Å². The zero-order chi connectivity index (χ0) is 12.1. The molecular formula is C14H10FO2+. The van der Waals surface area contributed by atoms with Crippen LogP contribution in [-0.4, -0.2) is 6.29 Å². The summed E-state index contributed by atoms with van der Waals surface area (Å²) in [6.07, 6.45) is 5.70. The second kappa shape index (κ2) is 5.19. The molecule has 17 heavy (non-hydrogen) atoms. The molecule has 1 aromatic carbocycles. The van der Waals surface area contributed by atoms with Gasteiger partial charge in [-0.3, -0.25) is 4.79 Å². The molecule has 2 nitrogen and oxygen atoms in total. The molecule has 0 fully saturated rings. The van der Waals surface area contributed by atoms with Crippen molar-refractivity contribution in [3.63, 3.8) is 0 Å². The van der Waals surface area contributed by atoms with E-state index in [1.54, 1.807) is 0 Å². The Morgan fingerprint density at radius 2 is 2.06 bits per heavy atom. The van der Waals surface area contributed by atoms with Gasteiger partial charge < -0.3 is 4.74 Å². The summed E-state index contributed by atoms with van der Waals surface area (Å²) in [4.78, 5) is 10.4. The number of aldehydes is 1. The number of hydrogen-bond donors (Lipinski definition) is 0. The zero-order valence-electron chi connectivity index (χ0n) is 9.02. The Bertz CT molecular complexity index is 498. The molecule has 0 saturated carbocycles. The molecule has 1 aliphatic carbocycles. The summed E-state index contributed by atoms with van der Waals surface area (Å²) < 4.78 is 18.7. The molecule has 1 aliphatic rings. The van der Waals surface area contributed by atoms with E-state index in [9.17, 15) is 9.18 Å². The minimum Gasteiger partial charge on any atom is -0.458 e. The van der Waals surface area contributed by atoms with E-state index in [2.05, 4.69) is 6.08 Å². The van der Waals surface area contributed by atoms with E-state index in [-0.39, 0.29) is 17.9 Å². The Balaban J connectivity index is 2.04. The normalized spacial score (nSPS) is 14.1.